The Hall–Kier alpha value is -3.27. The maximum absolute atomic E-state index is 14.3. The molecule has 0 aliphatic heterocycles. The van der Waals surface area contributed by atoms with Gasteiger partial charge in [-0.1, -0.05) is 85.8 Å². The summed E-state index contributed by atoms with van der Waals surface area (Å²) in [5, 5.41) is 3.84. The summed E-state index contributed by atoms with van der Waals surface area (Å²) < 4.78 is 34.6. The number of hydrogen-bond acceptors (Lipinski definition) is 5. The van der Waals surface area contributed by atoms with Crippen LogP contribution in [0.1, 0.15) is 51.0 Å². The SMILES string of the molecule is CCC(C(=O)NC1CCCCC1)N(Cc1ccccc1Cl)C(=O)CN(c1cc(Cl)ccc1OC)S(=O)(=O)c1ccccc1. The fourth-order valence-electron chi connectivity index (χ4n) is 5.36. The first kappa shape index (κ1) is 32.6. The molecule has 0 radical (unpaired) electrons. The Balaban J connectivity index is 1.76. The molecule has 1 N–H and O–H groups in total. The monoisotopic (exact) mass is 645 g/mol. The molecule has 0 bridgehead atoms. The molecule has 3 aromatic rings. The number of sulfonamides is 1. The van der Waals surface area contributed by atoms with Crippen molar-refractivity contribution in [2.24, 2.45) is 0 Å². The molecule has 1 fully saturated rings. The number of methoxy groups -OCH3 is 1. The van der Waals surface area contributed by atoms with Crippen molar-refractivity contribution in [2.45, 2.75) is 69.0 Å². The number of hydrogen-bond donors (Lipinski definition) is 1. The van der Waals surface area contributed by atoms with E-state index < -0.39 is 28.5 Å². The molecule has 1 atom stereocenters. The third-order valence-electron chi connectivity index (χ3n) is 7.66. The van der Waals surface area contributed by atoms with Crippen LogP contribution in [0.3, 0.4) is 0 Å². The van der Waals surface area contributed by atoms with Gasteiger partial charge < -0.3 is 15.0 Å². The summed E-state index contributed by atoms with van der Waals surface area (Å²) in [6, 6.07) is 18.7. The normalized spacial score (nSPS) is 14.5. The molecule has 1 saturated carbocycles. The molecule has 0 spiro atoms. The Bertz CT molecular complexity index is 1510. The number of nitrogens with zero attached hydrogens (tertiary/aromatic N) is 2. The molecule has 43 heavy (non-hydrogen) atoms. The van der Waals surface area contributed by atoms with E-state index in [4.69, 9.17) is 27.9 Å². The van der Waals surface area contributed by atoms with Crippen molar-refractivity contribution >= 4 is 50.7 Å². The van der Waals surface area contributed by atoms with Crippen LogP contribution in [0.15, 0.2) is 77.7 Å². The molecule has 0 saturated heterocycles. The Labute approximate surface area is 264 Å². The first-order valence-electron chi connectivity index (χ1n) is 14.4. The fraction of sp³-hybridized carbons (Fsp3) is 0.375. The average Bonchev–Trinajstić information content (AvgIpc) is 3.01. The molecular weight excluding hydrogens is 609 g/mol. The summed E-state index contributed by atoms with van der Waals surface area (Å²) in [5.74, 6) is -0.629. The predicted octanol–water partition coefficient (Wildman–Crippen LogP) is 6.45. The summed E-state index contributed by atoms with van der Waals surface area (Å²) in [4.78, 5) is 29.4. The largest absolute Gasteiger partial charge is 0.495 e. The minimum atomic E-state index is -4.27. The molecule has 0 aromatic heterocycles. The second-order valence-electron chi connectivity index (χ2n) is 10.5. The van der Waals surface area contributed by atoms with Crippen molar-refractivity contribution < 1.29 is 22.7 Å². The van der Waals surface area contributed by atoms with Gasteiger partial charge in [0, 0.05) is 22.6 Å². The first-order valence-corrected chi connectivity index (χ1v) is 16.6. The standard InChI is InChI=1S/C32H37Cl2N3O5S/c1-3-28(32(39)35-25-13-6-4-7-14-25)36(21-23-12-10-11-17-27(23)34)31(38)22-37(29-20-24(33)18-19-30(29)42-2)43(40,41)26-15-8-5-9-16-26/h5,8-12,15-20,25,28H,3-4,6-7,13-14,21-22H2,1-2H3,(H,35,39). The Kier molecular flexibility index (Phi) is 11.3. The van der Waals surface area contributed by atoms with E-state index in [1.807, 2.05) is 6.92 Å². The summed E-state index contributed by atoms with van der Waals surface area (Å²) >= 11 is 12.8. The zero-order valence-electron chi connectivity index (χ0n) is 24.3. The lowest BCUT2D eigenvalue weighted by Gasteiger charge is -2.35. The van der Waals surface area contributed by atoms with Gasteiger partial charge in [0.05, 0.1) is 17.7 Å². The van der Waals surface area contributed by atoms with Crippen LogP contribution in [0.4, 0.5) is 5.69 Å². The van der Waals surface area contributed by atoms with Crippen molar-refractivity contribution in [3.63, 3.8) is 0 Å². The fourth-order valence-corrected chi connectivity index (χ4v) is 7.16. The molecule has 2 amide bonds. The van der Waals surface area contributed by atoms with Crippen LogP contribution in [-0.2, 0) is 26.2 Å². The molecule has 3 aromatic carbocycles. The number of carbonyl (C=O) groups is 2. The summed E-state index contributed by atoms with van der Waals surface area (Å²) in [6.07, 6.45) is 5.31. The maximum Gasteiger partial charge on any atom is 0.264 e. The van der Waals surface area contributed by atoms with E-state index in [9.17, 15) is 18.0 Å². The number of ether oxygens (including phenoxy) is 1. The Morgan fingerprint density at radius 1 is 0.977 bits per heavy atom. The van der Waals surface area contributed by atoms with E-state index in [1.54, 1.807) is 54.6 Å². The smallest absolute Gasteiger partial charge is 0.264 e. The lowest BCUT2D eigenvalue weighted by Crippen LogP contribution is -2.54. The van der Waals surface area contributed by atoms with Crippen molar-refractivity contribution in [1.82, 2.24) is 10.2 Å². The zero-order valence-corrected chi connectivity index (χ0v) is 26.7. The summed E-state index contributed by atoms with van der Waals surface area (Å²) in [6.45, 7) is 1.24. The van der Waals surface area contributed by atoms with E-state index in [1.165, 1.54) is 30.2 Å². The second-order valence-corrected chi connectivity index (χ2v) is 13.2. The van der Waals surface area contributed by atoms with Gasteiger partial charge in [-0.05, 0) is 61.2 Å². The van der Waals surface area contributed by atoms with E-state index in [0.29, 0.717) is 17.0 Å². The number of carbonyl (C=O) groups excluding carboxylic acids is 2. The van der Waals surface area contributed by atoms with Gasteiger partial charge in [-0.15, -0.1) is 0 Å². The third kappa shape index (κ3) is 8.02. The number of rotatable bonds is 12. The van der Waals surface area contributed by atoms with Crippen molar-refractivity contribution in [2.75, 3.05) is 18.0 Å². The predicted molar refractivity (Wildman–Crippen MR) is 170 cm³/mol. The second kappa shape index (κ2) is 14.9. The lowest BCUT2D eigenvalue weighted by molar-refractivity contribution is -0.140. The molecule has 230 valence electrons. The van der Waals surface area contributed by atoms with Crippen LogP contribution >= 0.6 is 23.2 Å². The Morgan fingerprint density at radius 3 is 2.30 bits per heavy atom. The van der Waals surface area contributed by atoms with Gasteiger partial charge >= 0.3 is 0 Å². The average molecular weight is 647 g/mol. The van der Waals surface area contributed by atoms with Crippen molar-refractivity contribution in [3.8, 4) is 5.75 Å². The summed E-state index contributed by atoms with van der Waals surface area (Å²) in [7, 11) is -2.86. The highest BCUT2D eigenvalue weighted by molar-refractivity contribution is 7.92. The molecular formula is C32H37Cl2N3O5S. The first-order chi connectivity index (χ1) is 20.6. The molecule has 8 nitrogen and oxygen atoms in total. The molecule has 11 heteroatoms. The van der Waals surface area contributed by atoms with Gasteiger partial charge in [0.15, 0.2) is 0 Å². The van der Waals surface area contributed by atoms with Gasteiger partial charge in [0.25, 0.3) is 10.0 Å². The van der Waals surface area contributed by atoms with Gasteiger partial charge in [0.2, 0.25) is 11.8 Å². The van der Waals surface area contributed by atoms with E-state index in [0.717, 1.165) is 36.4 Å². The minimum Gasteiger partial charge on any atom is -0.495 e. The number of amides is 2. The van der Waals surface area contributed by atoms with E-state index in [-0.39, 0.29) is 39.8 Å². The number of anilines is 1. The third-order valence-corrected chi connectivity index (χ3v) is 10.0. The molecule has 0 heterocycles. The van der Waals surface area contributed by atoms with Crippen molar-refractivity contribution in [1.29, 1.82) is 0 Å². The molecule has 1 aliphatic carbocycles. The van der Waals surface area contributed by atoms with Crippen LogP contribution in [0.25, 0.3) is 0 Å². The number of benzene rings is 3. The highest BCUT2D eigenvalue weighted by Gasteiger charge is 2.35. The van der Waals surface area contributed by atoms with Gasteiger partial charge in [-0.2, -0.15) is 0 Å². The van der Waals surface area contributed by atoms with Crippen molar-refractivity contribution in [3.05, 3.63) is 88.4 Å². The van der Waals surface area contributed by atoms with E-state index in [2.05, 4.69) is 5.32 Å². The maximum atomic E-state index is 14.3. The van der Waals surface area contributed by atoms with Crippen LogP contribution in [0.2, 0.25) is 10.0 Å². The minimum absolute atomic E-state index is 0.00966. The van der Waals surface area contributed by atoms with Gasteiger partial charge in [-0.3, -0.25) is 13.9 Å². The van der Waals surface area contributed by atoms with E-state index >= 15 is 0 Å². The number of halogens is 2. The topological polar surface area (TPSA) is 96.0 Å². The van der Waals surface area contributed by atoms with Crippen LogP contribution in [-0.4, -0.2) is 50.9 Å². The number of nitrogens with one attached hydrogen (secondary N) is 1. The van der Waals surface area contributed by atoms with Crippen LogP contribution < -0.4 is 14.4 Å². The Morgan fingerprint density at radius 2 is 1.65 bits per heavy atom. The highest BCUT2D eigenvalue weighted by atomic mass is 35.5. The lowest BCUT2D eigenvalue weighted by atomic mass is 9.95. The molecule has 1 aliphatic rings. The highest BCUT2D eigenvalue weighted by Crippen LogP contribution is 2.35. The quantitative estimate of drug-likeness (QED) is 0.244. The summed E-state index contributed by atoms with van der Waals surface area (Å²) in [5.41, 5.74) is 0.740. The molecule has 1 unspecified atom stereocenters. The van der Waals surface area contributed by atoms with Gasteiger partial charge in [0.1, 0.15) is 18.3 Å². The van der Waals surface area contributed by atoms with Gasteiger partial charge in [-0.25, -0.2) is 8.42 Å². The molecule has 4 rings (SSSR count). The van der Waals surface area contributed by atoms with Crippen LogP contribution in [0, 0.1) is 0 Å². The zero-order chi connectivity index (χ0) is 31.0. The van der Waals surface area contributed by atoms with Crippen LogP contribution in [0.5, 0.6) is 5.75 Å².